The van der Waals surface area contributed by atoms with Crippen molar-refractivity contribution in [2.24, 2.45) is 0 Å². The van der Waals surface area contributed by atoms with Crippen LogP contribution in [0.2, 0.25) is 24.2 Å². The molecule has 0 nitrogen and oxygen atoms in total. The maximum atomic E-state index is 2.68. The molecule has 0 aliphatic heterocycles. The van der Waals surface area contributed by atoms with Crippen LogP contribution >= 0.6 is 0 Å². The van der Waals surface area contributed by atoms with Crippen molar-refractivity contribution in [3.8, 4) is 0 Å². The molecule has 0 heterocycles. The van der Waals surface area contributed by atoms with E-state index in [1.807, 2.05) is 0 Å². The van der Waals surface area contributed by atoms with Crippen LogP contribution in [0.25, 0.3) is 0 Å². The van der Waals surface area contributed by atoms with Gasteiger partial charge in [0.1, 0.15) is 0 Å². The topological polar surface area (TPSA) is 0 Å². The normalized spacial score (nSPS) is 19.7. The third kappa shape index (κ3) is 6.04. The first-order valence-electron chi connectivity index (χ1n) is 6.21. The van der Waals surface area contributed by atoms with E-state index in [0.717, 1.165) is 0 Å². The zero-order chi connectivity index (χ0) is 9.31. The van der Waals surface area contributed by atoms with Gasteiger partial charge >= 0.3 is 26.2 Å². The molecule has 0 N–H and O–H groups in total. The van der Waals surface area contributed by atoms with E-state index in [-0.39, 0.29) is 55.9 Å². The summed E-state index contributed by atoms with van der Waals surface area (Å²) in [5.41, 5.74) is 2.38. The summed E-state index contributed by atoms with van der Waals surface area (Å²) in [6, 6.07) is 0. The Morgan fingerprint density at radius 2 is 0.833 bits per heavy atom. The average molecular weight is 348 g/mol. The Balaban J connectivity index is -0.000000196. The molecule has 2 aliphatic carbocycles. The Hall–Kier alpha value is 1.10. The van der Waals surface area contributed by atoms with Gasteiger partial charge in [-0.3, -0.25) is 0 Å². The second-order valence-corrected chi connectivity index (χ2v) is 11.1. The van der Waals surface area contributed by atoms with E-state index in [0.29, 0.717) is 0 Å². The van der Waals surface area contributed by atoms with E-state index in [2.05, 4.69) is 13.1 Å². The van der Waals surface area contributed by atoms with E-state index in [4.69, 9.17) is 0 Å². The molecule has 2 fully saturated rings. The van der Waals surface area contributed by atoms with Gasteiger partial charge in [0.2, 0.25) is 0 Å². The van der Waals surface area contributed by atoms with Gasteiger partial charge in [0, 0.05) is 0 Å². The zero-order valence-corrected chi connectivity index (χ0v) is 17.3. The van der Waals surface area contributed by atoms with E-state index < -0.39 is 8.07 Å². The fourth-order valence-corrected chi connectivity index (χ4v) is 8.13. The van der Waals surface area contributed by atoms with Crippen molar-refractivity contribution in [1.29, 1.82) is 0 Å². The molecule has 0 bridgehead atoms. The molecule has 0 spiro atoms. The minimum Gasteiger partial charge on any atom is -0.358 e. The standard InChI is InChI=1S/C12H24Si.4CH3.Zr/c1-13(2,11-7-3-4-8-11)12-9-5-6-10-12;;;;;/h11-12H,3-10H2,1-2H3;4*1H3;/q;4*-1;+4. The van der Waals surface area contributed by atoms with Crippen LogP contribution in [-0.4, -0.2) is 8.07 Å². The smallest absolute Gasteiger partial charge is 0.358 e. The SMILES string of the molecule is C[Si](C)(C1CCCC1)C1CCCC1.[CH3-].[CH3-].[CH3-].[CH3-].[Zr+4]. The van der Waals surface area contributed by atoms with E-state index in [1.165, 1.54) is 36.8 Å². The molecule has 108 valence electrons. The van der Waals surface area contributed by atoms with Gasteiger partial charge in [0.15, 0.2) is 0 Å². The minimum absolute atomic E-state index is 0. The van der Waals surface area contributed by atoms with Crippen molar-refractivity contribution in [3.63, 3.8) is 0 Å². The summed E-state index contributed by atoms with van der Waals surface area (Å²) in [5, 5.41) is 0. The number of hydrogen-bond donors (Lipinski definition) is 0. The Kier molecular flexibility index (Phi) is 18.1. The Morgan fingerprint density at radius 1 is 0.611 bits per heavy atom. The molecule has 0 radical (unpaired) electrons. The van der Waals surface area contributed by atoms with Crippen molar-refractivity contribution in [2.45, 2.75) is 75.5 Å². The predicted octanol–water partition coefficient (Wildman–Crippen LogP) is 6.38. The van der Waals surface area contributed by atoms with Crippen LogP contribution in [0.15, 0.2) is 0 Å². The molecule has 2 aliphatic rings. The van der Waals surface area contributed by atoms with Crippen LogP contribution in [0.5, 0.6) is 0 Å². The van der Waals surface area contributed by atoms with Gasteiger partial charge in [-0.2, -0.15) is 0 Å². The molecule has 0 unspecified atom stereocenters. The molecular formula is C16H36SiZr. The van der Waals surface area contributed by atoms with Crippen LogP contribution in [0.4, 0.5) is 0 Å². The van der Waals surface area contributed by atoms with Gasteiger partial charge in [-0.25, -0.2) is 0 Å². The van der Waals surface area contributed by atoms with Crippen molar-refractivity contribution >= 4 is 8.07 Å². The second kappa shape index (κ2) is 11.9. The Labute approximate surface area is 139 Å². The largest absolute Gasteiger partial charge is 4.00 e. The molecule has 0 saturated heterocycles. The van der Waals surface area contributed by atoms with E-state index in [9.17, 15) is 0 Å². The van der Waals surface area contributed by atoms with Gasteiger partial charge in [0.05, 0.1) is 8.07 Å². The first kappa shape index (κ1) is 27.4. The molecule has 2 saturated carbocycles. The molecule has 0 atom stereocenters. The maximum absolute atomic E-state index is 2.68. The van der Waals surface area contributed by atoms with Gasteiger partial charge in [-0.05, 0) is 11.1 Å². The minimum atomic E-state index is -0.837. The molecule has 0 amide bonds. The summed E-state index contributed by atoms with van der Waals surface area (Å²) in [7, 11) is -0.837. The van der Waals surface area contributed by atoms with Gasteiger partial charge in [-0.15, -0.1) is 0 Å². The maximum Gasteiger partial charge on any atom is 4.00 e. The fraction of sp³-hybridized carbons (Fsp3) is 0.750. The van der Waals surface area contributed by atoms with Gasteiger partial charge in [0.25, 0.3) is 0 Å². The fourth-order valence-electron chi connectivity index (χ4n) is 3.67. The molecule has 2 rings (SSSR count). The van der Waals surface area contributed by atoms with Crippen LogP contribution in [0.1, 0.15) is 51.4 Å². The van der Waals surface area contributed by atoms with Crippen LogP contribution < -0.4 is 0 Å². The number of rotatable bonds is 2. The van der Waals surface area contributed by atoms with Crippen LogP contribution in [0, 0.1) is 29.7 Å². The van der Waals surface area contributed by atoms with Crippen molar-refractivity contribution in [2.75, 3.05) is 0 Å². The second-order valence-electron chi connectivity index (χ2n) is 5.78. The average Bonchev–Trinajstić information content (AvgIpc) is 2.78. The van der Waals surface area contributed by atoms with E-state index >= 15 is 0 Å². The van der Waals surface area contributed by atoms with Crippen molar-refractivity contribution < 1.29 is 26.2 Å². The Bertz CT molecular complexity index is 150. The number of hydrogen-bond acceptors (Lipinski definition) is 0. The van der Waals surface area contributed by atoms with Crippen molar-refractivity contribution in [3.05, 3.63) is 29.7 Å². The van der Waals surface area contributed by atoms with Gasteiger partial charge in [-0.1, -0.05) is 64.5 Å². The molecule has 0 aromatic heterocycles. The van der Waals surface area contributed by atoms with Crippen LogP contribution in [0.3, 0.4) is 0 Å². The van der Waals surface area contributed by atoms with E-state index in [1.54, 1.807) is 25.7 Å². The summed E-state index contributed by atoms with van der Waals surface area (Å²) in [5.74, 6) is 0. The van der Waals surface area contributed by atoms with Gasteiger partial charge < -0.3 is 29.7 Å². The first-order valence-corrected chi connectivity index (χ1v) is 9.37. The monoisotopic (exact) mass is 346 g/mol. The third-order valence-corrected chi connectivity index (χ3v) is 10.2. The quantitative estimate of drug-likeness (QED) is 0.401. The molecule has 2 heteroatoms. The summed E-state index contributed by atoms with van der Waals surface area (Å²) in [4.78, 5) is 0. The molecule has 18 heavy (non-hydrogen) atoms. The summed E-state index contributed by atoms with van der Waals surface area (Å²) >= 11 is 0. The summed E-state index contributed by atoms with van der Waals surface area (Å²) < 4.78 is 0. The third-order valence-electron chi connectivity index (χ3n) is 4.81. The predicted molar refractivity (Wildman–Crippen MR) is 87.6 cm³/mol. The van der Waals surface area contributed by atoms with Crippen molar-refractivity contribution in [1.82, 2.24) is 0 Å². The molecule has 0 aromatic carbocycles. The first-order chi connectivity index (χ1) is 6.21. The summed E-state index contributed by atoms with van der Waals surface area (Å²) in [6.45, 7) is 5.36. The molecule has 0 aromatic rings. The van der Waals surface area contributed by atoms with Crippen LogP contribution in [-0.2, 0) is 26.2 Å². The Morgan fingerprint density at radius 3 is 1.06 bits per heavy atom. The zero-order valence-electron chi connectivity index (χ0n) is 13.8. The molecular weight excluding hydrogens is 311 g/mol. The summed E-state index contributed by atoms with van der Waals surface area (Å²) in [6.07, 6.45) is 12.5.